The predicted molar refractivity (Wildman–Crippen MR) is 113 cm³/mol. The molecule has 8 nitrogen and oxygen atoms in total. The molecule has 1 aromatic carbocycles. The van der Waals surface area contributed by atoms with Gasteiger partial charge in [0, 0.05) is 23.5 Å². The first-order valence-electron chi connectivity index (χ1n) is 10.0. The van der Waals surface area contributed by atoms with Gasteiger partial charge in [-0.05, 0) is 47.5 Å². The fourth-order valence-corrected chi connectivity index (χ4v) is 4.63. The molecule has 4 amide bonds. The van der Waals surface area contributed by atoms with Crippen LogP contribution in [-0.4, -0.2) is 33.6 Å². The van der Waals surface area contributed by atoms with E-state index in [9.17, 15) is 19.2 Å². The smallest absolute Gasteiger partial charge is 0.266 e. The Labute approximate surface area is 181 Å². The van der Waals surface area contributed by atoms with E-state index in [2.05, 4.69) is 9.97 Å². The Bertz CT molecular complexity index is 1260. The Morgan fingerprint density at radius 3 is 1.41 bits per heavy atom. The van der Waals surface area contributed by atoms with Crippen molar-refractivity contribution in [1.29, 1.82) is 0 Å². The fraction of sp³-hybridized carbons (Fsp3) is 0.0833. The highest BCUT2D eigenvalue weighted by Gasteiger charge is 2.49. The van der Waals surface area contributed by atoms with E-state index < -0.39 is 35.5 Å². The van der Waals surface area contributed by atoms with E-state index in [1.165, 1.54) is 12.4 Å². The zero-order valence-corrected chi connectivity index (χ0v) is 16.5. The van der Waals surface area contributed by atoms with Crippen LogP contribution in [0.25, 0.3) is 0 Å². The van der Waals surface area contributed by atoms with Crippen LogP contribution in [0.4, 0.5) is 11.6 Å². The van der Waals surface area contributed by atoms with Gasteiger partial charge < -0.3 is 0 Å². The quantitative estimate of drug-likeness (QED) is 0.465. The maximum absolute atomic E-state index is 13.3. The lowest BCUT2D eigenvalue weighted by Crippen LogP contribution is -2.50. The van der Waals surface area contributed by atoms with Gasteiger partial charge in [-0.15, -0.1) is 0 Å². The molecule has 0 saturated heterocycles. The molecule has 1 aliphatic carbocycles. The summed E-state index contributed by atoms with van der Waals surface area (Å²) >= 11 is 0. The highest BCUT2D eigenvalue weighted by molar-refractivity contribution is 6.30. The third kappa shape index (κ3) is 2.31. The number of pyridine rings is 2. The Morgan fingerprint density at radius 1 is 0.594 bits per heavy atom. The molecule has 32 heavy (non-hydrogen) atoms. The summed E-state index contributed by atoms with van der Waals surface area (Å²) in [4.78, 5) is 63.6. The van der Waals surface area contributed by atoms with Gasteiger partial charge in [0.05, 0.1) is 11.8 Å². The number of amides is 4. The van der Waals surface area contributed by atoms with Crippen LogP contribution in [-0.2, 0) is 9.59 Å². The summed E-state index contributed by atoms with van der Waals surface area (Å²) in [6, 6.07) is 13.1. The first kappa shape index (κ1) is 18.3. The summed E-state index contributed by atoms with van der Waals surface area (Å²) in [6.45, 7) is 0. The van der Waals surface area contributed by atoms with Crippen LogP contribution in [0.5, 0.6) is 0 Å². The molecule has 0 N–H and O–H groups in total. The molecule has 2 aliphatic heterocycles. The van der Waals surface area contributed by atoms with E-state index in [1.807, 2.05) is 0 Å². The second-order valence-corrected chi connectivity index (χ2v) is 7.66. The highest BCUT2D eigenvalue weighted by atomic mass is 16.2. The van der Waals surface area contributed by atoms with Gasteiger partial charge in [0.15, 0.2) is 0 Å². The van der Waals surface area contributed by atoms with E-state index >= 15 is 0 Å². The predicted octanol–water partition coefficient (Wildman–Crippen LogP) is 2.59. The molecule has 0 fully saturated rings. The molecule has 3 aromatic rings. The number of carbonyl (C=O) groups is 4. The van der Waals surface area contributed by atoms with Gasteiger partial charge in [-0.2, -0.15) is 0 Å². The SMILES string of the molecule is O=C1c2ccc3c4c2C(C=CC4C(=O)N(c2ccccn2)C3=O)C(=O)N1c1ccccn1. The van der Waals surface area contributed by atoms with Crippen molar-refractivity contribution >= 4 is 35.3 Å². The van der Waals surface area contributed by atoms with E-state index in [0.29, 0.717) is 22.3 Å². The summed E-state index contributed by atoms with van der Waals surface area (Å²) < 4.78 is 0. The Kier molecular flexibility index (Phi) is 3.73. The number of benzene rings is 1. The van der Waals surface area contributed by atoms with Gasteiger partial charge in [-0.1, -0.05) is 24.3 Å². The van der Waals surface area contributed by atoms with Crippen LogP contribution in [0.2, 0.25) is 0 Å². The van der Waals surface area contributed by atoms with Crippen LogP contribution < -0.4 is 9.80 Å². The van der Waals surface area contributed by atoms with Gasteiger partial charge in [-0.25, -0.2) is 19.8 Å². The molecule has 0 spiro atoms. The maximum Gasteiger partial charge on any atom is 0.266 e. The molecule has 154 valence electrons. The lowest BCUT2D eigenvalue weighted by atomic mass is 9.72. The molecule has 2 aromatic heterocycles. The number of carbonyl (C=O) groups excluding carboxylic acids is 4. The third-order valence-electron chi connectivity index (χ3n) is 6.00. The van der Waals surface area contributed by atoms with E-state index in [-0.39, 0.29) is 11.6 Å². The molecular weight excluding hydrogens is 408 g/mol. The minimum Gasteiger partial charge on any atom is -0.273 e. The third-order valence-corrected chi connectivity index (χ3v) is 6.00. The van der Waals surface area contributed by atoms with Crippen LogP contribution in [0.15, 0.2) is 73.1 Å². The van der Waals surface area contributed by atoms with Crippen molar-refractivity contribution in [2.45, 2.75) is 11.8 Å². The van der Waals surface area contributed by atoms with Crippen LogP contribution in [0.1, 0.15) is 43.7 Å². The lowest BCUT2D eigenvalue weighted by molar-refractivity contribution is -0.120. The zero-order valence-electron chi connectivity index (χ0n) is 16.5. The van der Waals surface area contributed by atoms with Gasteiger partial charge in [-0.3, -0.25) is 19.2 Å². The summed E-state index contributed by atoms with van der Waals surface area (Å²) in [7, 11) is 0. The minimum absolute atomic E-state index is 0.231. The number of imide groups is 2. The second-order valence-electron chi connectivity index (χ2n) is 7.66. The van der Waals surface area contributed by atoms with Crippen molar-refractivity contribution < 1.29 is 19.2 Å². The topological polar surface area (TPSA) is 101 Å². The van der Waals surface area contributed by atoms with E-state index in [1.54, 1.807) is 60.7 Å². The van der Waals surface area contributed by atoms with Crippen molar-refractivity contribution in [2.24, 2.45) is 0 Å². The van der Waals surface area contributed by atoms with E-state index in [0.717, 1.165) is 9.80 Å². The van der Waals surface area contributed by atoms with Crippen LogP contribution in [0.3, 0.4) is 0 Å². The van der Waals surface area contributed by atoms with Crippen LogP contribution >= 0.6 is 0 Å². The van der Waals surface area contributed by atoms with Gasteiger partial charge in [0.25, 0.3) is 11.8 Å². The number of rotatable bonds is 2. The minimum atomic E-state index is -0.780. The number of hydrogen-bond acceptors (Lipinski definition) is 6. The summed E-state index contributed by atoms with van der Waals surface area (Å²) in [5.74, 6) is -3.07. The number of aromatic nitrogens is 2. The number of nitrogens with zero attached hydrogens (tertiary/aromatic N) is 4. The number of hydrogen-bond donors (Lipinski definition) is 0. The van der Waals surface area contributed by atoms with Crippen molar-refractivity contribution in [2.75, 3.05) is 9.80 Å². The molecule has 6 rings (SSSR count). The molecule has 4 heterocycles. The monoisotopic (exact) mass is 422 g/mol. The van der Waals surface area contributed by atoms with Gasteiger partial charge >= 0.3 is 0 Å². The standard InChI is InChI=1S/C24H14N4O4/c29-21-13-7-9-15-20-16(24(32)28(23(15)31)18-6-2-4-12-26-18)10-8-14(19(13)20)22(30)27(21)17-5-1-3-11-25-17/h1-13,15H. The molecule has 2 atom stereocenters. The Balaban J connectivity index is 1.54. The first-order valence-corrected chi connectivity index (χ1v) is 10.0. The molecule has 3 aliphatic rings. The molecular formula is C24H14N4O4. The van der Waals surface area contributed by atoms with Crippen molar-refractivity contribution in [3.8, 4) is 0 Å². The van der Waals surface area contributed by atoms with E-state index in [4.69, 9.17) is 0 Å². The first-order chi connectivity index (χ1) is 15.6. The molecule has 2 unspecified atom stereocenters. The van der Waals surface area contributed by atoms with Crippen molar-refractivity contribution in [3.63, 3.8) is 0 Å². The zero-order chi connectivity index (χ0) is 22.0. The van der Waals surface area contributed by atoms with Crippen molar-refractivity contribution in [1.82, 2.24) is 9.97 Å². The summed E-state index contributed by atoms with van der Waals surface area (Å²) in [5, 5.41) is 0. The summed E-state index contributed by atoms with van der Waals surface area (Å²) in [5.41, 5.74) is 1.44. The average Bonchev–Trinajstić information content (AvgIpc) is 2.83. The van der Waals surface area contributed by atoms with Crippen LogP contribution in [0, 0.1) is 0 Å². The highest BCUT2D eigenvalue weighted by Crippen LogP contribution is 2.46. The number of anilines is 2. The molecule has 0 bridgehead atoms. The lowest BCUT2D eigenvalue weighted by Gasteiger charge is -2.39. The molecule has 0 radical (unpaired) electrons. The Hall–Kier alpha value is -4.46. The van der Waals surface area contributed by atoms with Gasteiger partial charge in [0.2, 0.25) is 11.8 Å². The molecule has 8 heteroatoms. The van der Waals surface area contributed by atoms with Gasteiger partial charge in [0.1, 0.15) is 11.6 Å². The largest absolute Gasteiger partial charge is 0.273 e. The Morgan fingerprint density at radius 2 is 1.03 bits per heavy atom. The second kappa shape index (κ2) is 6.52. The van der Waals surface area contributed by atoms with Crippen molar-refractivity contribution in [3.05, 3.63) is 95.3 Å². The average molecular weight is 422 g/mol. The maximum atomic E-state index is 13.3. The summed E-state index contributed by atoms with van der Waals surface area (Å²) in [6.07, 6.45) is 6.29. The molecule has 0 saturated carbocycles. The normalized spacial score (nSPS) is 21.1. The fourth-order valence-electron chi connectivity index (χ4n) is 4.63.